The topological polar surface area (TPSA) is 29.1 Å². The molecule has 1 unspecified atom stereocenters. The Morgan fingerprint density at radius 3 is 2.44 bits per heavy atom. The highest BCUT2D eigenvalue weighted by Gasteiger charge is 2.14. The number of hydrogen-bond donors (Lipinski definition) is 1. The molecule has 0 heterocycles. The zero-order chi connectivity index (χ0) is 12.3. The predicted molar refractivity (Wildman–Crippen MR) is 69.2 cm³/mol. The van der Waals surface area contributed by atoms with Crippen molar-refractivity contribution >= 4 is 23.2 Å². The van der Waals surface area contributed by atoms with Crippen molar-refractivity contribution in [3.8, 4) is 0 Å². The maximum atomic E-state index is 11.6. The van der Waals surface area contributed by atoms with Crippen molar-refractivity contribution in [2.75, 3.05) is 5.32 Å². The highest BCUT2D eigenvalue weighted by atomic mass is 35.5. The molecule has 3 heteroatoms. The molecule has 0 radical (unpaired) electrons. The van der Waals surface area contributed by atoms with E-state index in [1.807, 2.05) is 25.1 Å². The fourth-order valence-electron chi connectivity index (χ4n) is 1.56. The summed E-state index contributed by atoms with van der Waals surface area (Å²) >= 11 is 5.75. The number of hydrogen-bond acceptors (Lipinski definition) is 1. The monoisotopic (exact) mass is 239 g/mol. The number of nitrogens with one attached hydrogen (secondary N) is 1. The quantitative estimate of drug-likeness (QED) is 0.801. The standard InChI is InChI=1S/C13H18ClNO/c1-8(2)11-7-5-6-9(3)12(11)15-13(16)10(4)14/h5-8,10H,1-4H3,(H,15,16). The van der Waals surface area contributed by atoms with E-state index >= 15 is 0 Å². The molecular formula is C13H18ClNO. The van der Waals surface area contributed by atoms with Gasteiger partial charge in [-0.05, 0) is 30.9 Å². The van der Waals surface area contributed by atoms with Gasteiger partial charge in [-0.3, -0.25) is 4.79 Å². The van der Waals surface area contributed by atoms with E-state index in [2.05, 4.69) is 19.2 Å². The fraction of sp³-hybridized carbons (Fsp3) is 0.462. The van der Waals surface area contributed by atoms with Crippen molar-refractivity contribution in [3.05, 3.63) is 29.3 Å². The Bertz CT molecular complexity index is 386. The molecule has 1 N–H and O–H groups in total. The molecular weight excluding hydrogens is 222 g/mol. The van der Waals surface area contributed by atoms with Gasteiger partial charge in [0.05, 0.1) is 0 Å². The first kappa shape index (κ1) is 13.0. The molecule has 1 aromatic rings. The van der Waals surface area contributed by atoms with Gasteiger partial charge in [0.25, 0.3) is 0 Å². The van der Waals surface area contributed by atoms with Crippen molar-refractivity contribution in [2.24, 2.45) is 0 Å². The van der Waals surface area contributed by atoms with Gasteiger partial charge in [-0.15, -0.1) is 11.6 Å². The van der Waals surface area contributed by atoms with E-state index in [0.717, 1.165) is 16.8 Å². The van der Waals surface area contributed by atoms with Gasteiger partial charge in [-0.1, -0.05) is 32.0 Å². The summed E-state index contributed by atoms with van der Waals surface area (Å²) < 4.78 is 0. The molecule has 1 amide bonds. The van der Waals surface area contributed by atoms with Crippen molar-refractivity contribution in [1.29, 1.82) is 0 Å². The van der Waals surface area contributed by atoms with Crippen LogP contribution in [0.3, 0.4) is 0 Å². The summed E-state index contributed by atoms with van der Waals surface area (Å²) in [5.74, 6) is 0.221. The van der Waals surface area contributed by atoms with Gasteiger partial charge < -0.3 is 5.32 Å². The number of benzene rings is 1. The van der Waals surface area contributed by atoms with E-state index in [1.54, 1.807) is 6.92 Å². The molecule has 16 heavy (non-hydrogen) atoms. The van der Waals surface area contributed by atoms with Crippen LogP contribution in [-0.4, -0.2) is 11.3 Å². The number of carbonyl (C=O) groups is 1. The van der Waals surface area contributed by atoms with Crippen molar-refractivity contribution < 1.29 is 4.79 Å². The summed E-state index contributed by atoms with van der Waals surface area (Å²) in [6.45, 7) is 7.87. The fourth-order valence-corrected chi connectivity index (χ4v) is 1.62. The van der Waals surface area contributed by atoms with E-state index in [4.69, 9.17) is 11.6 Å². The Balaban J connectivity index is 3.06. The summed E-state index contributed by atoms with van der Waals surface area (Å²) in [7, 11) is 0. The molecule has 0 saturated carbocycles. The Kier molecular flexibility index (Phi) is 4.36. The van der Waals surface area contributed by atoms with E-state index in [1.165, 1.54) is 0 Å². The van der Waals surface area contributed by atoms with E-state index in [0.29, 0.717) is 5.92 Å². The van der Waals surface area contributed by atoms with Gasteiger partial charge in [0.2, 0.25) is 5.91 Å². The van der Waals surface area contributed by atoms with Crippen LogP contribution < -0.4 is 5.32 Å². The number of rotatable bonds is 3. The predicted octanol–water partition coefficient (Wildman–Crippen LogP) is 3.68. The van der Waals surface area contributed by atoms with E-state index in [-0.39, 0.29) is 5.91 Å². The minimum absolute atomic E-state index is 0.155. The van der Waals surface area contributed by atoms with Gasteiger partial charge in [-0.2, -0.15) is 0 Å². The van der Waals surface area contributed by atoms with Gasteiger partial charge in [0.1, 0.15) is 5.38 Å². The molecule has 0 aromatic heterocycles. The number of carbonyl (C=O) groups excluding carboxylic acids is 1. The Labute approximate surface area is 102 Å². The lowest BCUT2D eigenvalue weighted by Gasteiger charge is -2.16. The minimum atomic E-state index is -0.514. The third kappa shape index (κ3) is 2.99. The molecule has 2 nitrogen and oxygen atoms in total. The van der Waals surface area contributed by atoms with Crippen LogP contribution >= 0.6 is 11.6 Å². The molecule has 1 aromatic carbocycles. The first-order valence-corrected chi connectivity index (χ1v) is 5.91. The molecule has 0 bridgehead atoms. The summed E-state index contributed by atoms with van der Waals surface area (Å²) in [5.41, 5.74) is 3.11. The van der Waals surface area contributed by atoms with Gasteiger partial charge in [0, 0.05) is 5.69 Å². The average molecular weight is 240 g/mol. The zero-order valence-corrected chi connectivity index (χ0v) is 10.9. The third-order valence-corrected chi connectivity index (χ3v) is 2.73. The van der Waals surface area contributed by atoms with Crippen LogP contribution in [0.1, 0.15) is 37.8 Å². The second-order valence-corrected chi connectivity index (χ2v) is 4.95. The summed E-state index contributed by atoms with van der Waals surface area (Å²) in [4.78, 5) is 11.6. The molecule has 88 valence electrons. The van der Waals surface area contributed by atoms with Crippen LogP contribution in [0.5, 0.6) is 0 Å². The Morgan fingerprint density at radius 2 is 1.94 bits per heavy atom. The van der Waals surface area contributed by atoms with Crippen molar-refractivity contribution in [1.82, 2.24) is 0 Å². The third-order valence-electron chi connectivity index (χ3n) is 2.54. The molecule has 1 rings (SSSR count). The van der Waals surface area contributed by atoms with Gasteiger partial charge >= 0.3 is 0 Å². The normalized spacial score (nSPS) is 12.6. The first-order valence-electron chi connectivity index (χ1n) is 5.48. The number of alkyl halides is 1. The zero-order valence-electron chi connectivity index (χ0n) is 10.2. The second-order valence-electron chi connectivity index (χ2n) is 4.30. The highest BCUT2D eigenvalue weighted by molar-refractivity contribution is 6.32. The van der Waals surface area contributed by atoms with Crippen LogP contribution in [0.2, 0.25) is 0 Å². The first-order chi connectivity index (χ1) is 7.43. The maximum Gasteiger partial charge on any atom is 0.242 e. The smallest absolute Gasteiger partial charge is 0.242 e. The Morgan fingerprint density at radius 1 is 1.31 bits per heavy atom. The summed E-state index contributed by atoms with van der Waals surface area (Å²) in [6.07, 6.45) is 0. The molecule has 0 aliphatic heterocycles. The summed E-state index contributed by atoms with van der Waals surface area (Å²) in [5, 5.41) is 2.37. The molecule has 1 atom stereocenters. The molecule has 0 spiro atoms. The summed E-state index contributed by atoms with van der Waals surface area (Å²) in [6, 6.07) is 6.02. The van der Waals surface area contributed by atoms with E-state index in [9.17, 15) is 4.79 Å². The lowest BCUT2D eigenvalue weighted by molar-refractivity contribution is -0.115. The van der Waals surface area contributed by atoms with Crippen molar-refractivity contribution in [3.63, 3.8) is 0 Å². The number of anilines is 1. The molecule has 0 saturated heterocycles. The Hall–Kier alpha value is -1.02. The minimum Gasteiger partial charge on any atom is -0.324 e. The van der Waals surface area contributed by atoms with Crippen LogP contribution in [0.25, 0.3) is 0 Å². The maximum absolute atomic E-state index is 11.6. The lowest BCUT2D eigenvalue weighted by atomic mass is 9.98. The number of aryl methyl sites for hydroxylation is 1. The molecule has 0 fully saturated rings. The SMILES string of the molecule is Cc1cccc(C(C)C)c1NC(=O)C(C)Cl. The molecule has 0 aliphatic carbocycles. The largest absolute Gasteiger partial charge is 0.324 e. The molecule has 0 aliphatic rings. The number of para-hydroxylation sites is 1. The number of amides is 1. The second kappa shape index (κ2) is 5.35. The number of halogens is 1. The van der Waals surface area contributed by atoms with Crippen molar-refractivity contribution in [2.45, 2.75) is 39.0 Å². The van der Waals surface area contributed by atoms with Crippen LogP contribution in [0.15, 0.2) is 18.2 Å². The van der Waals surface area contributed by atoms with Crippen LogP contribution in [0, 0.1) is 6.92 Å². The lowest BCUT2D eigenvalue weighted by Crippen LogP contribution is -2.21. The average Bonchev–Trinajstić information content (AvgIpc) is 2.20. The van der Waals surface area contributed by atoms with Crippen LogP contribution in [0.4, 0.5) is 5.69 Å². The van der Waals surface area contributed by atoms with Crippen LogP contribution in [-0.2, 0) is 4.79 Å². The van der Waals surface area contributed by atoms with Gasteiger partial charge in [-0.25, -0.2) is 0 Å². The van der Waals surface area contributed by atoms with Gasteiger partial charge in [0.15, 0.2) is 0 Å². The highest BCUT2D eigenvalue weighted by Crippen LogP contribution is 2.27. The van der Waals surface area contributed by atoms with E-state index < -0.39 is 5.38 Å².